The first kappa shape index (κ1) is 15.0. The van der Waals surface area contributed by atoms with Gasteiger partial charge in [-0.05, 0) is 32.2 Å². The highest BCUT2D eigenvalue weighted by atomic mass is 16.2. The number of nitrogens with one attached hydrogen (secondary N) is 2. The molecule has 0 radical (unpaired) electrons. The maximum atomic E-state index is 12.3. The number of rotatable bonds is 4. The molecule has 0 aromatic heterocycles. The van der Waals surface area contributed by atoms with Gasteiger partial charge in [0.15, 0.2) is 0 Å². The summed E-state index contributed by atoms with van der Waals surface area (Å²) in [7, 11) is 0. The van der Waals surface area contributed by atoms with E-state index >= 15 is 0 Å². The Morgan fingerprint density at radius 3 is 2.80 bits per heavy atom. The van der Waals surface area contributed by atoms with Crippen molar-refractivity contribution >= 4 is 17.7 Å². The average molecular weight is 281 g/mol. The predicted octanol–water partition coefficient (Wildman–Crippen LogP) is 0.172. The topological polar surface area (TPSA) is 78.5 Å². The van der Waals surface area contributed by atoms with Crippen LogP contribution in [0.1, 0.15) is 45.4 Å². The highest BCUT2D eigenvalue weighted by Crippen LogP contribution is 2.15. The molecule has 112 valence electrons. The van der Waals surface area contributed by atoms with Gasteiger partial charge in [-0.15, -0.1) is 0 Å². The Morgan fingerprint density at radius 2 is 2.15 bits per heavy atom. The third kappa shape index (κ3) is 3.56. The van der Waals surface area contributed by atoms with Gasteiger partial charge in [-0.25, -0.2) is 0 Å². The number of nitrogens with zero attached hydrogens (tertiary/aromatic N) is 1. The Kier molecular flexibility index (Phi) is 5.11. The van der Waals surface area contributed by atoms with E-state index in [0.717, 1.165) is 19.4 Å². The Balaban J connectivity index is 1.88. The van der Waals surface area contributed by atoms with Gasteiger partial charge in [0.25, 0.3) is 0 Å². The number of piperidine rings is 1. The molecule has 20 heavy (non-hydrogen) atoms. The van der Waals surface area contributed by atoms with Crippen molar-refractivity contribution in [2.24, 2.45) is 0 Å². The van der Waals surface area contributed by atoms with Crippen molar-refractivity contribution in [1.82, 2.24) is 15.5 Å². The van der Waals surface area contributed by atoms with Crippen LogP contribution >= 0.6 is 0 Å². The Hall–Kier alpha value is -1.43. The highest BCUT2D eigenvalue weighted by molar-refractivity contribution is 6.04. The van der Waals surface area contributed by atoms with Crippen molar-refractivity contribution < 1.29 is 14.4 Å². The van der Waals surface area contributed by atoms with Gasteiger partial charge < -0.3 is 10.2 Å². The van der Waals surface area contributed by atoms with E-state index in [-0.39, 0.29) is 24.3 Å². The number of hydrogen-bond acceptors (Lipinski definition) is 4. The Morgan fingerprint density at radius 1 is 1.35 bits per heavy atom. The number of piperazine rings is 1. The summed E-state index contributed by atoms with van der Waals surface area (Å²) in [6.45, 7) is 2.87. The summed E-state index contributed by atoms with van der Waals surface area (Å²) in [5.41, 5.74) is 0. The van der Waals surface area contributed by atoms with Gasteiger partial charge in [0, 0.05) is 12.5 Å². The van der Waals surface area contributed by atoms with Crippen LogP contribution in [0.3, 0.4) is 0 Å². The third-order valence-corrected chi connectivity index (χ3v) is 4.08. The number of carbonyl (C=O) groups excluding carboxylic acids is 3. The fourth-order valence-corrected chi connectivity index (χ4v) is 2.95. The van der Waals surface area contributed by atoms with E-state index in [4.69, 9.17) is 0 Å². The number of imide groups is 1. The van der Waals surface area contributed by atoms with Crippen LogP contribution in [0, 0.1) is 0 Å². The van der Waals surface area contributed by atoms with E-state index in [1.54, 1.807) is 0 Å². The summed E-state index contributed by atoms with van der Waals surface area (Å²) in [5.74, 6) is -0.829. The first-order valence-electron chi connectivity index (χ1n) is 7.48. The van der Waals surface area contributed by atoms with E-state index in [1.807, 2.05) is 6.92 Å². The summed E-state index contributed by atoms with van der Waals surface area (Å²) < 4.78 is 0. The van der Waals surface area contributed by atoms with E-state index in [0.29, 0.717) is 18.9 Å². The zero-order valence-corrected chi connectivity index (χ0v) is 12.0. The quantitative estimate of drug-likeness (QED) is 0.720. The molecule has 2 atom stereocenters. The second kappa shape index (κ2) is 6.83. The molecule has 2 saturated heterocycles. The molecule has 2 unspecified atom stereocenters. The average Bonchev–Trinajstić information content (AvgIpc) is 2.45. The number of hydrogen-bond donors (Lipinski definition) is 2. The lowest BCUT2D eigenvalue weighted by molar-refractivity contribution is -0.150. The predicted molar refractivity (Wildman–Crippen MR) is 73.8 cm³/mol. The van der Waals surface area contributed by atoms with Crippen LogP contribution in [-0.2, 0) is 14.4 Å². The zero-order valence-electron chi connectivity index (χ0n) is 12.0. The second-order valence-electron chi connectivity index (χ2n) is 5.54. The summed E-state index contributed by atoms with van der Waals surface area (Å²) in [6.07, 6.45) is 5.21. The van der Waals surface area contributed by atoms with Crippen LogP contribution in [-0.4, -0.2) is 47.8 Å². The van der Waals surface area contributed by atoms with Crippen LogP contribution in [0.4, 0.5) is 0 Å². The molecule has 0 spiro atoms. The van der Waals surface area contributed by atoms with Gasteiger partial charge in [-0.3, -0.25) is 19.7 Å². The minimum Gasteiger partial charge on any atom is -0.321 e. The molecule has 2 aliphatic rings. The molecule has 0 aromatic rings. The molecular weight excluding hydrogens is 258 g/mol. The summed E-state index contributed by atoms with van der Waals surface area (Å²) in [4.78, 5) is 36.8. The van der Waals surface area contributed by atoms with Crippen molar-refractivity contribution in [2.45, 2.75) is 57.5 Å². The van der Waals surface area contributed by atoms with E-state index in [9.17, 15) is 14.4 Å². The Labute approximate surface area is 119 Å². The van der Waals surface area contributed by atoms with Crippen LogP contribution in [0.5, 0.6) is 0 Å². The maximum absolute atomic E-state index is 12.3. The molecule has 2 aliphatic heterocycles. The SMILES string of the molecule is CCC1C(=O)NC(=O)CN1C(=O)CCC1CCCCN1. The third-order valence-electron chi connectivity index (χ3n) is 4.08. The smallest absolute Gasteiger partial charge is 0.249 e. The van der Waals surface area contributed by atoms with Gasteiger partial charge in [0.2, 0.25) is 17.7 Å². The van der Waals surface area contributed by atoms with Crippen molar-refractivity contribution in [3.63, 3.8) is 0 Å². The lowest BCUT2D eigenvalue weighted by atomic mass is 9.99. The minimum absolute atomic E-state index is 0.00117. The van der Waals surface area contributed by atoms with Gasteiger partial charge in [-0.1, -0.05) is 13.3 Å². The van der Waals surface area contributed by atoms with Gasteiger partial charge in [0.1, 0.15) is 12.6 Å². The van der Waals surface area contributed by atoms with Crippen molar-refractivity contribution in [1.29, 1.82) is 0 Å². The van der Waals surface area contributed by atoms with E-state index < -0.39 is 6.04 Å². The molecule has 2 N–H and O–H groups in total. The second-order valence-corrected chi connectivity index (χ2v) is 5.54. The van der Waals surface area contributed by atoms with Crippen LogP contribution in [0.25, 0.3) is 0 Å². The summed E-state index contributed by atoms with van der Waals surface area (Å²) in [5, 5.41) is 5.69. The molecule has 3 amide bonds. The Bertz CT molecular complexity index is 391. The zero-order chi connectivity index (χ0) is 14.5. The molecule has 6 nitrogen and oxygen atoms in total. The van der Waals surface area contributed by atoms with Crippen LogP contribution in [0.15, 0.2) is 0 Å². The molecule has 2 rings (SSSR count). The largest absolute Gasteiger partial charge is 0.321 e. The maximum Gasteiger partial charge on any atom is 0.249 e. The molecule has 2 fully saturated rings. The van der Waals surface area contributed by atoms with Crippen molar-refractivity contribution in [3.05, 3.63) is 0 Å². The first-order chi connectivity index (χ1) is 9.61. The molecule has 0 aliphatic carbocycles. The van der Waals surface area contributed by atoms with Crippen LogP contribution < -0.4 is 10.6 Å². The molecule has 0 aromatic carbocycles. The monoisotopic (exact) mass is 281 g/mol. The number of amides is 3. The normalized spacial score (nSPS) is 27.4. The van der Waals surface area contributed by atoms with Crippen molar-refractivity contribution in [3.8, 4) is 0 Å². The summed E-state index contributed by atoms with van der Waals surface area (Å²) >= 11 is 0. The lowest BCUT2D eigenvalue weighted by Gasteiger charge is -2.34. The van der Waals surface area contributed by atoms with Gasteiger partial charge in [-0.2, -0.15) is 0 Å². The highest BCUT2D eigenvalue weighted by Gasteiger charge is 2.35. The van der Waals surface area contributed by atoms with Crippen molar-refractivity contribution in [2.75, 3.05) is 13.1 Å². The van der Waals surface area contributed by atoms with E-state index in [1.165, 1.54) is 17.7 Å². The molecular formula is C14H23N3O3. The standard InChI is InChI=1S/C14H23N3O3/c1-2-11-14(20)16-12(18)9-17(11)13(19)7-6-10-5-3-4-8-15-10/h10-11,15H,2-9H2,1H3,(H,16,18,20). The van der Waals surface area contributed by atoms with Crippen LogP contribution in [0.2, 0.25) is 0 Å². The van der Waals surface area contributed by atoms with E-state index in [2.05, 4.69) is 10.6 Å². The fourth-order valence-electron chi connectivity index (χ4n) is 2.95. The molecule has 0 bridgehead atoms. The molecule has 2 heterocycles. The number of carbonyl (C=O) groups is 3. The van der Waals surface area contributed by atoms with Gasteiger partial charge >= 0.3 is 0 Å². The lowest BCUT2D eigenvalue weighted by Crippen LogP contribution is -2.59. The first-order valence-corrected chi connectivity index (χ1v) is 7.48. The fraction of sp³-hybridized carbons (Fsp3) is 0.786. The molecule has 0 saturated carbocycles. The summed E-state index contributed by atoms with van der Waals surface area (Å²) in [6, 6.07) is -0.110. The minimum atomic E-state index is -0.500. The van der Waals surface area contributed by atoms with Gasteiger partial charge in [0.05, 0.1) is 0 Å². The molecule has 6 heteroatoms.